The summed E-state index contributed by atoms with van der Waals surface area (Å²) in [5.41, 5.74) is 7.47. The van der Waals surface area contributed by atoms with Crippen molar-refractivity contribution in [3.8, 4) is 0 Å². The summed E-state index contributed by atoms with van der Waals surface area (Å²) in [7, 11) is -3.06. The monoisotopic (exact) mass is 443 g/mol. The molecule has 31 heavy (non-hydrogen) atoms. The highest BCUT2D eigenvalue weighted by molar-refractivity contribution is 7.91. The summed E-state index contributed by atoms with van der Waals surface area (Å²) in [6.07, 6.45) is 2.44. The minimum absolute atomic E-state index is 0.114. The van der Waals surface area contributed by atoms with E-state index in [1.54, 1.807) is 13.8 Å². The van der Waals surface area contributed by atoms with Crippen LogP contribution in [0.2, 0.25) is 0 Å². The molecule has 1 fully saturated rings. The van der Waals surface area contributed by atoms with Crippen LogP contribution in [0.15, 0.2) is 36.4 Å². The topological polar surface area (TPSA) is 46.6 Å². The van der Waals surface area contributed by atoms with Crippen LogP contribution in [-0.4, -0.2) is 39.0 Å². The molecule has 1 aliphatic rings. The van der Waals surface area contributed by atoms with E-state index in [0.717, 1.165) is 31.5 Å². The first-order chi connectivity index (χ1) is 14.5. The molecule has 0 aromatic heterocycles. The second-order valence-corrected chi connectivity index (χ2v) is 12.0. The number of hydrogen-bond donors (Lipinski definition) is 0. The van der Waals surface area contributed by atoms with E-state index in [9.17, 15) is 8.42 Å². The number of aryl methyl sites for hydroxylation is 3. The van der Waals surface area contributed by atoms with E-state index in [1.807, 2.05) is 12.1 Å². The van der Waals surface area contributed by atoms with Gasteiger partial charge in [0.05, 0.1) is 23.2 Å². The highest BCUT2D eigenvalue weighted by Gasteiger charge is 2.23. The number of morpholine rings is 1. The number of hydrogen-bond acceptors (Lipinski definition) is 4. The number of rotatable bonds is 7. The average molecular weight is 444 g/mol. The van der Waals surface area contributed by atoms with Crippen LogP contribution in [0.1, 0.15) is 55.5 Å². The zero-order valence-electron chi connectivity index (χ0n) is 19.8. The van der Waals surface area contributed by atoms with Crippen LogP contribution in [0.4, 0.5) is 5.69 Å². The molecular formula is C26H37NO3S. The summed E-state index contributed by atoms with van der Waals surface area (Å²) in [6.45, 7) is 14.0. The molecule has 3 rings (SSSR count). The summed E-state index contributed by atoms with van der Waals surface area (Å²) in [4.78, 5) is 2.44. The van der Waals surface area contributed by atoms with Gasteiger partial charge in [0.15, 0.2) is 9.84 Å². The lowest BCUT2D eigenvalue weighted by molar-refractivity contribution is -0.00522. The van der Waals surface area contributed by atoms with E-state index in [0.29, 0.717) is 0 Å². The molecule has 0 saturated carbocycles. The third-order valence-corrected chi connectivity index (χ3v) is 8.41. The van der Waals surface area contributed by atoms with Gasteiger partial charge in [-0.3, -0.25) is 0 Å². The van der Waals surface area contributed by atoms with Gasteiger partial charge in [0.25, 0.3) is 0 Å². The van der Waals surface area contributed by atoms with Gasteiger partial charge in [-0.1, -0.05) is 24.3 Å². The molecule has 0 spiro atoms. The second-order valence-electron chi connectivity index (χ2n) is 9.39. The fourth-order valence-electron chi connectivity index (χ4n) is 4.41. The molecule has 2 atom stereocenters. The standard InChI is InChI=1S/C26H37NO3S/c1-18(2)31(28,29)17-24-9-7-23(8-10-24)11-12-26-19(3)13-25(14-20(26)4)27-15-21(5)30-22(6)16-27/h7-10,13-14,18,21-22H,11-12,15-17H2,1-6H3/t21-,22+. The molecule has 0 radical (unpaired) electrons. The third-order valence-electron chi connectivity index (χ3n) is 6.24. The second kappa shape index (κ2) is 9.74. The molecule has 0 aliphatic carbocycles. The van der Waals surface area contributed by atoms with Crippen molar-refractivity contribution in [2.24, 2.45) is 0 Å². The van der Waals surface area contributed by atoms with Crippen LogP contribution in [0, 0.1) is 13.8 Å². The van der Waals surface area contributed by atoms with Crippen LogP contribution in [0.5, 0.6) is 0 Å². The highest BCUT2D eigenvalue weighted by Crippen LogP contribution is 2.27. The Morgan fingerprint density at radius 2 is 1.45 bits per heavy atom. The molecule has 0 bridgehead atoms. The van der Waals surface area contributed by atoms with Crippen molar-refractivity contribution in [2.45, 2.75) is 77.6 Å². The van der Waals surface area contributed by atoms with E-state index in [2.05, 4.69) is 56.9 Å². The molecule has 1 heterocycles. The number of benzene rings is 2. The van der Waals surface area contributed by atoms with E-state index >= 15 is 0 Å². The quantitative estimate of drug-likeness (QED) is 0.602. The Balaban J connectivity index is 1.67. The van der Waals surface area contributed by atoms with Gasteiger partial charge in [-0.15, -0.1) is 0 Å². The molecule has 2 aromatic rings. The summed E-state index contributed by atoms with van der Waals surface area (Å²) in [5, 5.41) is -0.343. The Morgan fingerprint density at radius 3 is 1.97 bits per heavy atom. The Bertz CT molecular complexity index is 963. The normalized spacial score (nSPS) is 19.8. The van der Waals surface area contributed by atoms with Crippen LogP contribution in [0.25, 0.3) is 0 Å². The Morgan fingerprint density at radius 1 is 0.935 bits per heavy atom. The van der Waals surface area contributed by atoms with E-state index in [-0.39, 0.29) is 23.2 Å². The van der Waals surface area contributed by atoms with E-state index in [4.69, 9.17) is 4.74 Å². The first-order valence-electron chi connectivity index (χ1n) is 11.3. The largest absolute Gasteiger partial charge is 0.372 e. The van der Waals surface area contributed by atoms with Crippen molar-refractivity contribution < 1.29 is 13.2 Å². The maximum Gasteiger partial charge on any atom is 0.156 e. The van der Waals surface area contributed by atoms with Crippen molar-refractivity contribution in [1.29, 1.82) is 0 Å². The lowest BCUT2D eigenvalue weighted by Gasteiger charge is -2.37. The van der Waals surface area contributed by atoms with E-state index < -0.39 is 9.84 Å². The zero-order valence-corrected chi connectivity index (χ0v) is 20.6. The van der Waals surface area contributed by atoms with Crippen LogP contribution < -0.4 is 4.90 Å². The Hall–Kier alpha value is -1.85. The lowest BCUT2D eigenvalue weighted by Crippen LogP contribution is -2.45. The van der Waals surface area contributed by atoms with Crippen LogP contribution in [0.3, 0.4) is 0 Å². The SMILES string of the molecule is Cc1cc(N2C[C@@H](C)O[C@@H](C)C2)cc(C)c1CCc1ccc(CS(=O)(=O)C(C)C)cc1. The summed E-state index contributed by atoms with van der Waals surface area (Å²) < 4.78 is 30.2. The molecule has 0 unspecified atom stereocenters. The average Bonchev–Trinajstić information content (AvgIpc) is 2.67. The molecular weight excluding hydrogens is 406 g/mol. The minimum Gasteiger partial charge on any atom is -0.372 e. The van der Waals surface area contributed by atoms with Gasteiger partial charge in [0.1, 0.15) is 0 Å². The number of nitrogens with zero attached hydrogens (tertiary/aromatic N) is 1. The van der Waals surface area contributed by atoms with Crippen LogP contribution in [-0.2, 0) is 33.2 Å². The van der Waals surface area contributed by atoms with Crippen LogP contribution >= 0.6 is 0 Å². The fraction of sp³-hybridized carbons (Fsp3) is 0.538. The lowest BCUT2D eigenvalue weighted by atomic mass is 9.95. The van der Waals surface area contributed by atoms with Crippen molar-refractivity contribution >= 4 is 15.5 Å². The van der Waals surface area contributed by atoms with Gasteiger partial charge < -0.3 is 9.64 Å². The zero-order chi connectivity index (χ0) is 22.8. The molecule has 0 amide bonds. The minimum atomic E-state index is -3.06. The predicted octanol–water partition coefficient (Wildman–Crippen LogP) is 5.03. The third kappa shape index (κ3) is 6.11. The Kier molecular flexibility index (Phi) is 7.48. The molecule has 5 heteroatoms. The molecule has 1 saturated heterocycles. The van der Waals surface area contributed by atoms with Gasteiger partial charge in [0.2, 0.25) is 0 Å². The van der Waals surface area contributed by atoms with Crippen molar-refractivity contribution in [3.63, 3.8) is 0 Å². The first-order valence-corrected chi connectivity index (χ1v) is 13.1. The number of ether oxygens (including phenoxy) is 1. The van der Waals surface area contributed by atoms with Crippen molar-refractivity contribution in [1.82, 2.24) is 0 Å². The summed E-state index contributed by atoms with van der Waals surface area (Å²) in [5.74, 6) is 0.114. The first kappa shape index (κ1) is 23.8. The van der Waals surface area contributed by atoms with Gasteiger partial charge in [0, 0.05) is 18.8 Å². The van der Waals surface area contributed by atoms with Crippen molar-refractivity contribution in [2.75, 3.05) is 18.0 Å². The maximum absolute atomic E-state index is 12.1. The molecule has 1 aliphatic heterocycles. The molecule has 4 nitrogen and oxygen atoms in total. The van der Waals surface area contributed by atoms with Crippen molar-refractivity contribution in [3.05, 3.63) is 64.2 Å². The predicted molar refractivity (Wildman–Crippen MR) is 130 cm³/mol. The molecule has 2 aromatic carbocycles. The molecule has 0 N–H and O–H groups in total. The summed E-state index contributed by atoms with van der Waals surface area (Å²) in [6, 6.07) is 12.7. The smallest absolute Gasteiger partial charge is 0.156 e. The molecule has 170 valence electrons. The van der Waals surface area contributed by atoms with Gasteiger partial charge in [-0.2, -0.15) is 0 Å². The number of sulfone groups is 1. The van der Waals surface area contributed by atoms with Gasteiger partial charge in [-0.05, 0) is 94.3 Å². The Labute approximate surface area is 188 Å². The van der Waals surface area contributed by atoms with Gasteiger partial charge in [-0.25, -0.2) is 8.42 Å². The van der Waals surface area contributed by atoms with Gasteiger partial charge >= 0.3 is 0 Å². The fourth-order valence-corrected chi connectivity index (χ4v) is 5.40. The maximum atomic E-state index is 12.1. The highest BCUT2D eigenvalue weighted by atomic mass is 32.2. The van der Waals surface area contributed by atoms with E-state index in [1.165, 1.54) is 27.9 Å². The number of anilines is 1. The summed E-state index contributed by atoms with van der Waals surface area (Å²) >= 11 is 0.